The summed E-state index contributed by atoms with van der Waals surface area (Å²) in [6, 6.07) is 9.55. The molecular weight excluding hydrogens is 346 g/mol. The molecule has 2 amide bonds. The first kappa shape index (κ1) is 17.3. The number of likely N-dealkylation sites (tertiary alicyclic amines) is 1. The Morgan fingerprint density at radius 3 is 2.81 bits per heavy atom. The minimum atomic E-state index is -0.295. The molecule has 1 atom stereocenters. The SMILES string of the molecule is O=C(NCCc1ccc2c(c1)OCO2)C1CC(=O)N(Cc2ccncc2)C1. The highest BCUT2D eigenvalue weighted by atomic mass is 16.7. The molecule has 27 heavy (non-hydrogen) atoms. The Morgan fingerprint density at radius 2 is 1.96 bits per heavy atom. The van der Waals surface area contributed by atoms with Crippen LogP contribution >= 0.6 is 0 Å². The van der Waals surface area contributed by atoms with Crippen LogP contribution in [-0.2, 0) is 22.6 Å². The van der Waals surface area contributed by atoms with E-state index >= 15 is 0 Å². The van der Waals surface area contributed by atoms with Gasteiger partial charge in [0.15, 0.2) is 11.5 Å². The van der Waals surface area contributed by atoms with Crippen LogP contribution in [0.5, 0.6) is 11.5 Å². The molecule has 4 rings (SSSR count). The average molecular weight is 367 g/mol. The maximum Gasteiger partial charge on any atom is 0.231 e. The van der Waals surface area contributed by atoms with Crippen molar-refractivity contribution in [3.05, 3.63) is 53.9 Å². The summed E-state index contributed by atoms with van der Waals surface area (Å²) in [4.78, 5) is 30.3. The Bertz CT molecular complexity index is 840. The minimum Gasteiger partial charge on any atom is -0.454 e. The quantitative estimate of drug-likeness (QED) is 0.837. The van der Waals surface area contributed by atoms with Gasteiger partial charge >= 0.3 is 0 Å². The van der Waals surface area contributed by atoms with Crippen molar-refractivity contribution in [2.24, 2.45) is 5.92 Å². The molecule has 140 valence electrons. The molecule has 1 unspecified atom stereocenters. The Labute approximate surface area is 157 Å². The predicted octanol–water partition coefficient (Wildman–Crippen LogP) is 1.52. The zero-order valence-electron chi connectivity index (χ0n) is 14.9. The maximum atomic E-state index is 12.4. The van der Waals surface area contributed by atoms with Gasteiger partial charge in [-0.3, -0.25) is 14.6 Å². The van der Waals surface area contributed by atoms with Crippen molar-refractivity contribution in [1.82, 2.24) is 15.2 Å². The number of rotatable bonds is 6. The summed E-state index contributed by atoms with van der Waals surface area (Å²) in [6.45, 7) is 1.74. The number of benzene rings is 1. The van der Waals surface area contributed by atoms with Crippen molar-refractivity contribution in [3.8, 4) is 11.5 Å². The van der Waals surface area contributed by atoms with Crippen LogP contribution in [0.15, 0.2) is 42.7 Å². The molecule has 7 nitrogen and oxygen atoms in total. The third-order valence-electron chi connectivity index (χ3n) is 4.86. The lowest BCUT2D eigenvalue weighted by atomic mass is 10.1. The van der Waals surface area contributed by atoms with Crippen molar-refractivity contribution in [2.75, 3.05) is 19.9 Å². The average Bonchev–Trinajstić information content (AvgIpc) is 3.29. The fourth-order valence-electron chi connectivity index (χ4n) is 3.38. The number of hydrogen-bond donors (Lipinski definition) is 1. The molecular formula is C20H21N3O4. The van der Waals surface area contributed by atoms with E-state index in [0.717, 1.165) is 22.6 Å². The second-order valence-corrected chi connectivity index (χ2v) is 6.76. The number of aromatic nitrogens is 1. The smallest absolute Gasteiger partial charge is 0.231 e. The maximum absolute atomic E-state index is 12.4. The number of hydrogen-bond acceptors (Lipinski definition) is 5. The number of amides is 2. The molecule has 0 aliphatic carbocycles. The van der Waals surface area contributed by atoms with E-state index in [9.17, 15) is 9.59 Å². The summed E-state index contributed by atoms with van der Waals surface area (Å²) in [5.41, 5.74) is 2.09. The number of nitrogens with zero attached hydrogens (tertiary/aromatic N) is 2. The molecule has 1 aromatic carbocycles. The van der Waals surface area contributed by atoms with Gasteiger partial charge < -0.3 is 19.7 Å². The number of nitrogens with one attached hydrogen (secondary N) is 1. The molecule has 2 aliphatic heterocycles. The van der Waals surface area contributed by atoms with Crippen molar-refractivity contribution < 1.29 is 19.1 Å². The molecule has 0 radical (unpaired) electrons. The van der Waals surface area contributed by atoms with E-state index in [1.807, 2.05) is 30.3 Å². The van der Waals surface area contributed by atoms with E-state index in [2.05, 4.69) is 10.3 Å². The van der Waals surface area contributed by atoms with Crippen molar-refractivity contribution in [3.63, 3.8) is 0 Å². The number of fused-ring (bicyclic) bond motifs is 1. The Balaban J connectivity index is 1.26. The van der Waals surface area contributed by atoms with E-state index in [-0.39, 0.29) is 30.9 Å². The number of ether oxygens (including phenoxy) is 2. The highest BCUT2D eigenvalue weighted by molar-refractivity contribution is 5.89. The van der Waals surface area contributed by atoms with Gasteiger partial charge in [-0.15, -0.1) is 0 Å². The van der Waals surface area contributed by atoms with Gasteiger partial charge in [0.25, 0.3) is 0 Å². The van der Waals surface area contributed by atoms with E-state index in [4.69, 9.17) is 9.47 Å². The lowest BCUT2D eigenvalue weighted by molar-refractivity contribution is -0.129. The molecule has 0 saturated carbocycles. The summed E-state index contributed by atoms with van der Waals surface area (Å²) in [7, 11) is 0. The summed E-state index contributed by atoms with van der Waals surface area (Å²) in [5.74, 6) is 1.15. The predicted molar refractivity (Wildman–Crippen MR) is 97.0 cm³/mol. The van der Waals surface area contributed by atoms with Crippen LogP contribution in [0.3, 0.4) is 0 Å². The zero-order chi connectivity index (χ0) is 18.6. The van der Waals surface area contributed by atoms with Gasteiger partial charge in [0.05, 0.1) is 5.92 Å². The summed E-state index contributed by atoms with van der Waals surface area (Å²) in [6.07, 6.45) is 4.37. The van der Waals surface area contributed by atoms with Gasteiger partial charge in [0.2, 0.25) is 18.6 Å². The summed E-state index contributed by atoms with van der Waals surface area (Å²) >= 11 is 0. The topological polar surface area (TPSA) is 80.8 Å². The van der Waals surface area contributed by atoms with Crippen LogP contribution in [0, 0.1) is 5.92 Å². The van der Waals surface area contributed by atoms with Crippen LogP contribution < -0.4 is 14.8 Å². The van der Waals surface area contributed by atoms with E-state index < -0.39 is 0 Å². The van der Waals surface area contributed by atoms with Gasteiger partial charge in [0.1, 0.15) is 0 Å². The van der Waals surface area contributed by atoms with Gasteiger partial charge in [-0.25, -0.2) is 0 Å². The fraction of sp³-hybridized carbons (Fsp3) is 0.350. The van der Waals surface area contributed by atoms with Crippen molar-refractivity contribution >= 4 is 11.8 Å². The molecule has 7 heteroatoms. The minimum absolute atomic E-state index is 0.0164. The second-order valence-electron chi connectivity index (χ2n) is 6.76. The highest BCUT2D eigenvalue weighted by Crippen LogP contribution is 2.32. The Hall–Kier alpha value is -3.09. The monoisotopic (exact) mass is 367 g/mol. The lowest BCUT2D eigenvalue weighted by Gasteiger charge is -2.16. The third kappa shape index (κ3) is 4.02. The molecule has 1 fully saturated rings. The summed E-state index contributed by atoms with van der Waals surface area (Å²) < 4.78 is 10.7. The largest absolute Gasteiger partial charge is 0.454 e. The van der Waals surface area contributed by atoms with Crippen LogP contribution in [0.4, 0.5) is 0 Å². The second kappa shape index (κ2) is 7.65. The Morgan fingerprint density at radius 1 is 1.15 bits per heavy atom. The molecule has 1 aromatic heterocycles. The van der Waals surface area contributed by atoms with Gasteiger partial charge in [-0.1, -0.05) is 6.07 Å². The van der Waals surface area contributed by atoms with Crippen LogP contribution in [-0.4, -0.2) is 41.6 Å². The molecule has 0 spiro atoms. The number of pyridine rings is 1. The molecule has 0 bridgehead atoms. The summed E-state index contributed by atoms with van der Waals surface area (Å²) in [5, 5.41) is 2.95. The molecule has 2 aliphatic rings. The van der Waals surface area contributed by atoms with Gasteiger partial charge in [-0.05, 0) is 41.8 Å². The molecule has 1 saturated heterocycles. The first-order chi connectivity index (χ1) is 13.2. The van der Waals surface area contributed by atoms with E-state index in [1.165, 1.54) is 0 Å². The van der Waals surface area contributed by atoms with Crippen LogP contribution in [0.25, 0.3) is 0 Å². The number of carbonyl (C=O) groups excluding carboxylic acids is 2. The van der Waals surface area contributed by atoms with Gasteiger partial charge in [0, 0.05) is 38.4 Å². The Kier molecular flexibility index (Phi) is 4.91. The highest BCUT2D eigenvalue weighted by Gasteiger charge is 2.34. The fourth-order valence-corrected chi connectivity index (χ4v) is 3.38. The molecule has 2 aromatic rings. The van der Waals surface area contributed by atoms with E-state index in [1.54, 1.807) is 17.3 Å². The standard InChI is InChI=1S/C20H21N3O4/c24-19-10-16(12-23(19)11-15-3-6-21-7-4-15)20(25)22-8-5-14-1-2-17-18(9-14)27-13-26-17/h1-4,6-7,9,16H,5,8,10-13H2,(H,22,25). The van der Waals surface area contributed by atoms with Crippen LogP contribution in [0.1, 0.15) is 17.5 Å². The number of carbonyl (C=O) groups is 2. The lowest BCUT2D eigenvalue weighted by Crippen LogP contribution is -2.34. The first-order valence-corrected chi connectivity index (χ1v) is 9.02. The first-order valence-electron chi connectivity index (χ1n) is 9.02. The van der Waals surface area contributed by atoms with Crippen molar-refractivity contribution in [1.29, 1.82) is 0 Å². The normalized spacial score (nSPS) is 18.0. The van der Waals surface area contributed by atoms with Gasteiger partial charge in [-0.2, -0.15) is 0 Å². The van der Waals surface area contributed by atoms with E-state index in [0.29, 0.717) is 26.1 Å². The molecule has 1 N–H and O–H groups in total. The zero-order valence-corrected chi connectivity index (χ0v) is 14.9. The third-order valence-corrected chi connectivity index (χ3v) is 4.86. The molecule has 3 heterocycles. The van der Waals surface area contributed by atoms with Crippen molar-refractivity contribution in [2.45, 2.75) is 19.4 Å². The van der Waals surface area contributed by atoms with Crippen LogP contribution in [0.2, 0.25) is 0 Å².